The molecule has 1 aliphatic heterocycles. The molecule has 0 unspecified atom stereocenters. The van der Waals surface area contributed by atoms with Crippen molar-refractivity contribution in [2.45, 2.75) is 11.4 Å². The van der Waals surface area contributed by atoms with E-state index in [0.717, 1.165) is 41.0 Å². The minimum atomic E-state index is -0.227. The molecule has 1 aliphatic rings. The molecule has 0 saturated carbocycles. The number of ether oxygens (including phenoxy) is 3. The molecule has 5 aromatic rings. The third-order valence-corrected chi connectivity index (χ3v) is 9.06. The monoisotopic (exact) mass is 577 g/mol. The lowest BCUT2D eigenvalue weighted by Gasteiger charge is -2.14. The van der Waals surface area contributed by atoms with E-state index in [2.05, 4.69) is 31.1 Å². The van der Waals surface area contributed by atoms with Gasteiger partial charge in [0.15, 0.2) is 0 Å². The summed E-state index contributed by atoms with van der Waals surface area (Å²) >= 11 is 4.58. The fraction of sp³-hybridized carbons (Fsp3) is 0.185. The minimum Gasteiger partial charge on any atom is -0.490 e. The molecule has 198 valence electrons. The first kappa shape index (κ1) is 25.6. The number of nitrogens with one attached hydrogen (secondary N) is 2. The third-order valence-electron chi connectivity index (χ3n) is 5.98. The van der Waals surface area contributed by atoms with Gasteiger partial charge < -0.3 is 24.2 Å². The van der Waals surface area contributed by atoms with Crippen LogP contribution in [0.3, 0.4) is 0 Å². The Hall–Kier alpha value is -3.71. The van der Waals surface area contributed by atoms with Crippen LogP contribution in [-0.2, 0) is 11.3 Å². The van der Waals surface area contributed by atoms with Gasteiger partial charge in [0.25, 0.3) is 5.91 Å². The topological polar surface area (TPSA) is 107 Å². The Balaban J connectivity index is 1.45. The molecule has 0 saturated heterocycles. The highest BCUT2D eigenvalue weighted by Gasteiger charge is 2.18. The van der Waals surface area contributed by atoms with Crippen molar-refractivity contribution in [1.82, 2.24) is 20.3 Å². The van der Waals surface area contributed by atoms with E-state index in [4.69, 9.17) is 14.2 Å². The molecule has 4 aromatic heterocycles. The maximum atomic E-state index is 13.3. The summed E-state index contributed by atoms with van der Waals surface area (Å²) in [6, 6.07) is 13.6. The lowest BCUT2D eigenvalue weighted by Crippen LogP contribution is -2.23. The van der Waals surface area contributed by atoms with Crippen LogP contribution in [0.2, 0.25) is 0 Å². The van der Waals surface area contributed by atoms with Gasteiger partial charge in [-0.3, -0.25) is 4.79 Å². The number of benzene rings is 1. The summed E-state index contributed by atoms with van der Waals surface area (Å²) in [5.41, 5.74) is 3.83. The normalized spacial score (nSPS) is 12.9. The van der Waals surface area contributed by atoms with E-state index in [1.54, 1.807) is 55.5 Å². The van der Waals surface area contributed by atoms with Crippen LogP contribution in [0.15, 0.2) is 59.9 Å². The number of thiophene rings is 2. The largest absolute Gasteiger partial charge is 0.490 e. The highest BCUT2D eigenvalue weighted by molar-refractivity contribution is 8.00. The van der Waals surface area contributed by atoms with Gasteiger partial charge in [-0.05, 0) is 54.4 Å². The minimum absolute atomic E-state index is 0.227. The van der Waals surface area contributed by atoms with E-state index in [-0.39, 0.29) is 5.91 Å². The highest BCUT2D eigenvalue weighted by Crippen LogP contribution is 2.41. The van der Waals surface area contributed by atoms with Crippen LogP contribution >= 0.6 is 34.6 Å². The molecule has 0 radical (unpaired) electrons. The van der Waals surface area contributed by atoms with Gasteiger partial charge in [-0.15, -0.1) is 22.7 Å². The van der Waals surface area contributed by atoms with Crippen molar-refractivity contribution < 1.29 is 19.0 Å². The van der Waals surface area contributed by atoms with Gasteiger partial charge >= 0.3 is 0 Å². The Morgan fingerprint density at radius 3 is 2.77 bits per heavy atom. The second-order valence-corrected chi connectivity index (χ2v) is 11.6. The number of hydrogen-bond donors (Lipinski definition) is 2. The zero-order valence-corrected chi connectivity index (χ0v) is 23.5. The molecular formula is C27H23N5O4S3. The number of pyridine rings is 1. The van der Waals surface area contributed by atoms with Crippen LogP contribution in [0.25, 0.3) is 31.2 Å². The molecule has 12 heteroatoms. The Morgan fingerprint density at radius 2 is 1.90 bits per heavy atom. The van der Waals surface area contributed by atoms with Crippen LogP contribution in [0, 0.1) is 0 Å². The molecule has 39 heavy (non-hydrogen) atoms. The Labute approximate surface area is 236 Å². The van der Waals surface area contributed by atoms with Gasteiger partial charge in [0.1, 0.15) is 30.1 Å². The molecule has 0 aliphatic carbocycles. The summed E-state index contributed by atoms with van der Waals surface area (Å²) in [6.45, 7) is 1.14. The third kappa shape index (κ3) is 5.28. The molecule has 1 aromatic carbocycles. The molecule has 8 bridgehead atoms. The molecule has 6 rings (SSSR count). The summed E-state index contributed by atoms with van der Waals surface area (Å²) in [6.07, 6.45) is 3.38. The molecule has 9 nitrogen and oxygen atoms in total. The van der Waals surface area contributed by atoms with E-state index < -0.39 is 0 Å². The van der Waals surface area contributed by atoms with Gasteiger partial charge in [-0.25, -0.2) is 15.0 Å². The fourth-order valence-electron chi connectivity index (χ4n) is 4.08. The van der Waals surface area contributed by atoms with Crippen LogP contribution in [-0.4, -0.2) is 48.3 Å². The van der Waals surface area contributed by atoms with E-state index >= 15 is 0 Å². The summed E-state index contributed by atoms with van der Waals surface area (Å²) in [4.78, 5) is 30.8. The molecule has 0 atom stereocenters. The fourth-order valence-corrected chi connectivity index (χ4v) is 6.88. The van der Waals surface area contributed by atoms with Crippen molar-refractivity contribution in [3.63, 3.8) is 0 Å². The average molecular weight is 578 g/mol. The Bertz CT molecular complexity index is 1670. The first-order valence-corrected chi connectivity index (χ1v) is 14.4. The molecule has 5 heterocycles. The van der Waals surface area contributed by atoms with Gasteiger partial charge in [-0.2, -0.15) is 0 Å². The predicted octanol–water partition coefficient (Wildman–Crippen LogP) is 5.88. The average Bonchev–Trinajstić information content (AvgIpc) is 3.62. The second-order valence-electron chi connectivity index (χ2n) is 8.48. The summed E-state index contributed by atoms with van der Waals surface area (Å²) in [5.74, 6) is 0.729. The van der Waals surface area contributed by atoms with Crippen molar-refractivity contribution in [1.29, 1.82) is 0 Å². The maximum Gasteiger partial charge on any atom is 0.255 e. The number of nitrogens with zero attached hydrogens (tertiary/aromatic N) is 3. The number of rotatable bonds is 5. The van der Waals surface area contributed by atoms with Crippen LogP contribution in [0.1, 0.15) is 15.2 Å². The van der Waals surface area contributed by atoms with E-state index in [0.29, 0.717) is 42.6 Å². The van der Waals surface area contributed by atoms with Crippen LogP contribution in [0.5, 0.6) is 11.6 Å². The van der Waals surface area contributed by atoms with Gasteiger partial charge in [0.05, 0.1) is 40.9 Å². The van der Waals surface area contributed by atoms with E-state index in [1.165, 1.54) is 11.9 Å². The van der Waals surface area contributed by atoms with Crippen LogP contribution in [0.4, 0.5) is 5.69 Å². The molecule has 0 spiro atoms. The van der Waals surface area contributed by atoms with E-state index in [9.17, 15) is 4.79 Å². The van der Waals surface area contributed by atoms with Crippen LogP contribution < -0.4 is 19.5 Å². The summed E-state index contributed by atoms with van der Waals surface area (Å²) in [7, 11) is 3.19. The molecule has 0 fully saturated rings. The van der Waals surface area contributed by atoms with E-state index in [1.807, 2.05) is 30.3 Å². The molecule has 2 N–H and O–H groups in total. The number of aromatic nitrogens is 3. The Kier molecular flexibility index (Phi) is 7.33. The number of anilines is 1. The van der Waals surface area contributed by atoms with Gasteiger partial charge in [0, 0.05) is 33.5 Å². The lowest BCUT2D eigenvalue weighted by atomic mass is 10.2. The summed E-state index contributed by atoms with van der Waals surface area (Å²) < 4.78 is 20.8. The number of methoxy groups -OCH3 is 2. The first-order valence-electron chi connectivity index (χ1n) is 12.0. The number of amides is 1. The summed E-state index contributed by atoms with van der Waals surface area (Å²) in [5, 5.41) is 3.04. The first-order chi connectivity index (χ1) is 19.1. The molecular weight excluding hydrogens is 555 g/mol. The van der Waals surface area contributed by atoms with Gasteiger partial charge in [-0.1, -0.05) is 0 Å². The Morgan fingerprint density at radius 1 is 0.974 bits per heavy atom. The van der Waals surface area contributed by atoms with Crippen molar-refractivity contribution >= 4 is 56.4 Å². The van der Waals surface area contributed by atoms with Crippen molar-refractivity contribution in [2.75, 3.05) is 32.2 Å². The zero-order chi connectivity index (χ0) is 26.8. The van der Waals surface area contributed by atoms with Gasteiger partial charge in [0.2, 0.25) is 5.88 Å². The van der Waals surface area contributed by atoms with Crippen molar-refractivity contribution in [3.8, 4) is 32.6 Å². The number of fused-ring (bicyclic) bond motifs is 9. The van der Waals surface area contributed by atoms with Crippen molar-refractivity contribution in [2.24, 2.45) is 0 Å². The highest BCUT2D eigenvalue weighted by atomic mass is 32.2. The number of carbonyl (C=O) groups excluding carboxylic acids is 1. The smallest absolute Gasteiger partial charge is 0.255 e. The predicted molar refractivity (Wildman–Crippen MR) is 155 cm³/mol. The van der Waals surface area contributed by atoms with Crippen molar-refractivity contribution in [3.05, 3.63) is 65.4 Å². The number of hydrogen-bond acceptors (Lipinski definition) is 11. The number of carbonyl (C=O) groups is 1. The zero-order valence-electron chi connectivity index (χ0n) is 21.0. The molecule has 1 amide bonds. The standard InChI is InChI=1S/C27H23N5O4S3/c1-34-7-8-36-21-5-3-16-10-18(21)26(33)28-13-17-4-6-22(37-17)24-25-19(30-14-31-24)11-23(38-25)15-9-20(32-39-16)27(35-2)29-12-15/h3-6,9-12,14,32H,7-8,13H2,1-2H3,(H,28,33). The maximum absolute atomic E-state index is 13.3. The lowest BCUT2D eigenvalue weighted by molar-refractivity contribution is 0.0943. The SMILES string of the molecule is COCCOc1ccc2cc1C(=O)NCc1ccc(s1)-c1ncnc3cc(sc13)-c1cnc(OC)c(c1)NS2. The quantitative estimate of drug-likeness (QED) is 0.196. The second kappa shape index (κ2) is 11.2.